The second-order valence-corrected chi connectivity index (χ2v) is 8.04. The summed E-state index contributed by atoms with van der Waals surface area (Å²) >= 11 is 0. The van der Waals surface area contributed by atoms with E-state index in [9.17, 15) is 9.59 Å². The highest BCUT2D eigenvalue weighted by molar-refractivity contribution is 5.94. The number of carbonyl (C=O) groups excluding carboxylic acids is 1. The number of hydrogen-bond acceptors (Lipinski definition) is 6. The molecule has 0 spiro atoms. The first-order chi connectivity index (χ1) is 14.7. The molecule has 4 heterocycles. The molecule has 0 aromatic carbocycles. The molecule has 1 fully saturated rings. The van der Waals surface area contributed by atoms with Gasteiger partial charge in [0.25, 0.3) is 11.5 Å². The van der Waals surface area contributed by atoms with Gasteiger partial charge in [0.05, 0.1) is 0 Å². The minimum atomic E-state index is -0.126. The lowest BCUT2D eigenvalue weighted by molar-refractivity contribution is 0.0669. The molecule has 1 amide bonds. The lowest BCUT2D eigenvalue weighted by Crippen LogP contribution is -2.40. The Bertz CT molecular complexity index is 1090. The van der Waals surface area contributed by atoms with E-state index in [1.807, 2.05) is 11.0 Å². The van der Waals surface area contributed by atoms with E-state index in [0.717, 1.165) is 49.8 Å². The number of hydrogen-bond donors (Lipinski definition) is 0. The van der Waals surface area contributed by atoms with Crippen molar-refractivity contribution in [3.8, 4) is 5.82 Å². The van der Waals surface area contributed by atoms with Gasteiger partial charge in [-0.05, 0) is 50.2 Å². The minimum absolute atomic E-state index is 0.0312. The summed E-state index contributed by atoms with van der Waals surface area (Å²) in [5.41, 5.74) is 1.37. The standard InChI is InChI=1S/C21H24N6O3/c28-19-7-6-18(26-11-3-10-22-26)23-27(19)14-15-8-12-25(13-9-15)21(29)20-16-4-1-2-5-17(16)30-24-20/h3,6-7,10-11,15H,1-2,4-5,8-9,12-14H2. The van der Waals surface area contributed by atoms with E-state index in [1.165, 1.54) is 10.7 Å². The average molecular weight is 408 g/mol. The van der Waals surface area contributed by atoms with Gasteiger partial charge in [-0.15, -0.1) is 5.10 Å². The van der Waals surface area contributed by atoms with E-state index in [-0.39, 0.29) is 11.5 Å². The predicted molar refractivity (Wildman–Crippen MR) is 107 cm³/mol. The van der Waals surface area contributed by atoms with Gasteiger partial charge >= 0.3 is 0 Å². The second-order valence-electron chi connectivity index (χ2n) is 8.04. The highest BCUT2D eigenvalue weighted by Crippen LogP contribution is 2.27. The van der Waals surface area contributed by atoms with Crippen molar-refractivity contribution in [2.24, 2.45) is 5.92 Å². The van der Waals surface area contributed by atoms with Gasteiger partial charge in [0.1, 0.15) is 5.76 Å². The molecule has 0 unspecified atom stereocenters. The number of aryl methyl sites for hydroxylation is 1. The van der Waals surface area contributed by atoms with Crippen molar-refractivity contribution in [3.05, 3.63) is 58.0 Å². The summed E-state index contributed by atoms with van der Waals surface area (Å²) in [6.07, 6.45) is 9.04. The lowest BCUT2D eigenvalue weighted by Gasteiger charge is -2.31. The largest absolute Gasteiger partial charge is 0.360 e. The Labute approximate surface area is 173 Å². The average Bonchev–Trinajstić information content (AvgIpc) is 3.46. The summed E-state index contributed by atoms with van der Waals surface area (Å²) in [6, 6.07) is 5.01. The number of aromatic nitrogens is 5. The first kappa shape index (κ1) is 18.8. The summed E-state index contributed by atoms with van der Waals surface area (Å²) in [7, 11) is 0. The molecule has 9 heteroatoms. The summed E-state index contributed by atoms with van der Waals surface area (Å²) in [5, 5.41) is 12.7. The molecule has 1 aliphatic heterocycles. The molecule has 1 saturated heterocycles. The van der Waals surface area contributed by atoms with Crippen LogP contribution in [0.15, 0.2) is 39.9 Å². The van der Waals surface area contributed by atoms with Gasteiger partial charge in [-0.3, -0.25) is 9.59 Å². The molecule has 3 aromatic heterocycles. The Morgan fingerprint density at radius 2 is 2.00 bits per heavy atom. The fourth-order valence-electron chi connectivity index (χ4n) is 4.36. The molecule has 0 radical (unpaired) electrons. The zero-order valence-electron chi connectivity index (χ0n) is 16.7. The molecule has 1 aliphatic carbocycles. The van der Waals surface area contributed by atoms with Crippen LogP contribution in [0.1, 0.15) is 47.5 Å². The molecule has 0 atom stereocenters. The Hall–Kier alpha value is -3.23. The predicted octanol–water partition coefficient (Wildman–Crippen LogP) is 1.85. The van der Waals surface area contributed by atoms with Gasteiger partial charge in [0.15, 0.2) is 11.5 Å². The van der Waals surface area contributed by atoms with E-state index in [4.69, 9.17) is 4.52 Å². The van der Waals surface area contributed by atoms with E-state index in [2.05, 4.69) is 15.4 Å². The quantitative estimate of drug-likeness (QED) is 0.653. The summed E-state index contributed by atoms with van der Waals surface area (Å²) < 4.78 is 8.55. The number of rotatable bonds is 4. The SMILES string of the molecule is O=C(c1noc2c1CCCC2)N1CCC(Cn2nc(-n3cccn3)ccc2=O)CC1. The van der Waals surface area contributed by atoms with Gasteiger partial charge in [-0.1, -0.05) is 5.16 Å². The fourth-order valence-corrected chi connectivity index (χ4v) is 4.36. The molecule has 0 saturated carbocycles. The smallest absolute Gasteiger partial charge is 0.276 e. The molecule has 2 aliphatic rings. The van der Waals surface area contributed by atoms with Gasteiger partial charge < -0.3 is 9.42 Å². The van der Waals surface area contributed by atoms with Crippen LogP contribution in [0.4, 0.5) is 0 Å². The topological polar surface area (TPSA) is 99.1 Å². The summed E-state index contributed by atoms with van der Waals surface area (Å²) in [6.45, 7) is 1.84. The van der Waals surface area contributed by atoms with Crippen molar-refractivity contribution in [1.82, 2.24) is 29.6 Å². The molecule has 5 rings (SSSR count). The second kappa shape index (κ2) is 7.89. The zero-order valence-corrected chi connectivity index (χ0v) is 16.7. The molecule has 156 valence electrons. The van der Waals surface area contributed by atoms with E-state index < -0.39 is 0 Å². The lowest BCUT2D eigenvalue weighted by atomic mass is 9.94. The van der Waals surface area contributed by atoms with Crippen molar-refractivity contribution in [3.63, 3.8) is 0 Å². The van der Waals surface area contributed by atoms with Crippen LogP contribution in [0, 0.1) is 5.92 Å². The van der Waals surface area contributed by atoms with Crippen molar-refractivity contribution in [2.45, 2.75) is 45.1 Å². The number of fused-ring (bicyclic) bond motifs is 1. The van der Waals surface area contributed by atoms with E-state index in [0.29, 0.717) is 37.1 Å². The number of piperidine rings is 1. The maximum absolute atomic E-state index is 13.0. The van der Waals surface area contributed by atoms with E-state index in [1.54, 1.807) is 23.1 Å². The monoisotopic (exact) mass is 408 g/mol. The van der Waals surface area contributed by atoms with Gasteiger partial charge in [0.2, 0.25) is 0 Å². The van der Waals surface area contributed by atoms with Gasteiger partial charge in [-0.2, -0.15) is 5.10 Å². The van der Waals surface area contributed by atoms with Crippen LogP contribution >= 0.6 is 0 Å². The highest BCUT2D eigenvalue weighted by atomic mass is 16.5. The van der Waals surface area contributed by atoms with Gasteiger partial charge in [0, 0.05) is 50.1 Å². The number of nitrogens with zero attached hydrogens (tertiary/aromatic N) is 6. The first-order valence-corrected chi connectivity index (χ1v) is 10.5. The van der Waals surface area contributed by atoms with Crippen molar-refractivity contribution >= 4 is 5.91 Å². The molecular formula is C21H24N6O3. The van der Waals surface area contributed by atoms with Crippen LogP contribution in [0.3, 0.4) is 0 Å². The van der Waals surface area contributed by atoms with Crippen LogP contribution in [0.2, 0.25) is 0 Å². The molecule has 9 nitrogen and oxygen atoms in total. The third-order valence-electron chi connectivity index (χ3n) is 6.08. The number of amides is 1. The third kappa shape index (κ3) is 3.55. The molecule has 0 N–H and O–H groups in total. The Kier molecular flexibility index (Phi) is 4.94. The van der Waals surface area contributed by atoms with Crippen LogP contribution in [-0.4, -0.2) is 48.6 Å². The van der Waals surface area contributed by atoms with Crippen LogP contribution in [0.25, 0.3) is 5.82 Å². The van der Waals surface area contributed by atoms with Crippen LogP contribution in [-0.2, 0) is 19.4 Å². The zero-order chi connectivity index (χ0) is 20.5. The summed E-state index contributed by atoms with van der Waals surface area (Å²) in [5.74, 6) is 1.75. The first-order valence-electron chi connectivity index (χ1n) is 10.5. The Balaban J connectivity index is 1.24. The van der Waals surface area contributed by atoms with Crippen molar-refractivity contribution in [1.29, 1.82) is 0 Å². The van der Waals surface area contributed by atoms with Crippen LogP contribution < -0.4 is 5.56 Å². The Morgan fingerprint density at radius 3 is 2.80 bits per heavy atom. The third-order valence-corrected chi connectivity index (χ3v) is 6.08. The number of carbonyl (C=O) groups is 1. The summed E-state index contributed by atoms with van der Waals surface area (Å²) in [4.78, 5) is 27.1. The fraction of sp³-hybridized carbons (Fsp3) is 0.476. The molecule has 3 aromatic rings. The van der Waals surface area contributed by atoms with E-state index >= 15 is 0 Å². The normalized spacial score (nSPS) is 17.1. The van der Waals surface area contributed by atoms with Crippen LogP contribution in [0.5, 0.6) is 0 Å². The van der Waals surface area contributed by atoms with Crippen molar-refractivity contribution < 1.29 is 9.32 Å². The maximum atomic E-state index is 13.0. The van der Waals surface area contributed by atoms with Gasteiger partial charge in [-0.25, -0.2) is 9.36 Å². The molecule has 0 bridgehead atoms. The maximum Gasteiger partial charge on any atom is 0.276 e. The minimum Gasteiger partial charge on any atom is -0.360 e. The molecule has 30 heavy (non-hydrogen) atoms. The van der Waals surface area contributed by atoms with Crippen molar-refractivity contribution in [2.75, 3.05) is 13.1 Å². The highest BCUT2D eigenvalue weighted by Gasteiger charge is 2.30. The number of likely N-dealkylation sites (tertiary alicyclic amines) is 1. The molecular weight excluding hydrogens is 384 g/mol. The Morgan fingerprint density at radius 1 is 1.17 bits per heavy atom.